The monoisotopic (exact) mass is 228 g/mol. The minimum absolute atomic E-state index is 0.337. The van der Waals surface area contributed by atoms with E-state index in [0.29, 0.717) is 5.54 Å². The Morgan fingerprint density at radius 1 is 1.00 bits per heavy atom. The van der Waals surface area contributed by atoms with Crippen molar-refractivity contribution < 1.29 is 0 Å². The van der Waals surface area contributed by atoms with E-state index in [2.05, 4.69) is 45.0 Å². The Labute approximate surface area is 103 Å². The van der Waals surface area contributed by atoms with Crippen LogP contribution in [0.3, 0.4) is 0 Å². The first-order chi connectivity index (χ1) is 7.54. The minimum Gasteiger partial charge on any atom is -0.315 e. The predicted octanol–water partition coefficient (Wildman–Crippen LogP) is 3.28. The molecule has 2 nitrogen and oxygen atoms in total. The summed E-state index contributed by atoms with van der Waals surface area (Å²) in [6.07, 6.45) is 6.62. The number of hydrogen-bond acceptors (Lipinski definition) is 2. The second-order valence-electron chi connectivity index (χ2n) is 5.40. The van der Waals surface area contributed by atoms with E-state index in [9.17, 15) is 0 Å². The third-order valence-electron chi connectivity index (χ3n) is 3.73. The number of rotatable bonds is 10. The third-order valence-corrected chi connectivity index (χ3v) is 3.73. The molecule has 0 saturated heterocycles. The molecule has 0 aromatic carbocycles. The number of nitrogens with zero attached hydrogens (tertiary/aromatic N) is 1. The minimum atomic E-state index is 0.337. The van der Waals surface area contributed by atoms with Crippen molar-refractivity contribution >= 4 is 0 Å². The smallest absolute Gasteiger partial charge is 0.0148 e. The highest BCUT2D eigenvalue weighted by atomic mass is 15.2. The van der Waals surface area contributed by atoms with Crippen molar-refractivity contribution in [2.45, 2.75) is 65.3 Å². The van der Waals surface area contributed by atoms with Gasteiger partial charge in [-0.1, -0.05) is 33.1 Å². The van der Waals surface area contributed by atoms with E-state index >= 15 is 0 Å². The number of likely N-dealkylation sites (N-methyl/N-ethyl adjacent to an activating group) is 1. The van der Waals surface area contributed by atoms with Crippen LogP contribution < -0.4 is 5.32 Å². The third kappa shape index (κ3) is 7.24. The Morgan fingerprint density at radius 3 is 2.25 bits per heavy atom. The van der Waals surface area contributed by atoms with Crippen LogP contribution in [0.2, 0.25) is 0 Å². The van der Waals surface area contributed by atoms with Gasteiger partial charge < -0.3 is 5.32 Å². The molecule has 0 saturated carbocycles. The van der Waals surface area contributed by atoms with Gasteiger partial charge in [-0.2, -0.15) is 0 Å². The molecule has 0 aliphatic rings. The summed E-state index contributed by atoms with van der Waals surface area (Å²) in [6.45, 7) is 12.6. The molecule has 0 atom stereocenters. The fourth-order valence-corrected chi connectivity index (χ4v) is 1.62. The molecule has 0 aromatic rings. The zero-order valence-corrected chi connectivity index (χ0v) is 12.1. The standard InChI is InChI=1S/C14H32N2/c1-6-8-9-10-11-15-12-13-16(5)14(3,4)7-2/h15H,6-13H2,1-5H3. The summed E-state index contributed by atoms with van der Waals surface area (Å²) in [7, 11) is 2.22. The molecule has 0 unspecified atom stereocenters. The molecule has 0 radical (unpaired) electrons. The Balaban J connectivity index is 3.38. The van der Waals surface area contributed by atoms with Crippen molar-refractivity contribution in [3.05, 3.63) is 0 Å². The van der Waals surface area contributed by atoms with Gasteiger partial charge in [0.1, 0.15) is 0 Å². The van der Waals surface area contributed by atoms with Crippen LogP contribution in [0.1, 0.15) is 59.8 Å². The van der Waals surface area contributed by atoms with Crippen LogP contribution in [0.4, 0.5) is 0 Å². The molecular formula is C14H32N2. The van der Waals surface area contributed by atoms with E-state index in [1.165, 1.54) is 38.6 Å². The van der Waals surface area contributed by atoms with E-state index < -0.39 is 0 Å². The number of nitrogens with one attached hydrogen (secondary N) is 1. The van der Waals surface area contributed by atoms with Gasteiger partial charge in [0.15, 0.2) is 0 Å². The summed E-state index contributed by atoms with van der Waals surface area (Å²) in [5.41, 5.74) is 0.337. The van der Waals surface area contributed by atoms with Crippen LogP contribution in [0.25, 0.3) is 0 Å². The molecule has 0 aromatic heterocycles. The maximum Gasteiger partial charge on any atom is 0.0148 e. The van der Waals surface area contributed by atoms with E-state index in [0.717, 1.165) is 13.1 Å². The number of unbranched alkanes of at least 4 members (excludes halogenated alkanes) is 3. The van der Waals surface area contributed by atoms with Crippen LogP contribution in [0.5, 0.6) is 0 Å². The fraction of sp³-hybridized carbons (Fsp3) is 1.00. The summed E-state index contributed by atoms with van der Waals surface area (Å²) in [5, 5.41) is 3.53. The summed E-state index contributed by atoms with van der Waals surface area (Å²) in [6, 6.07) is 0. The van der Waals surface area contributed by atoms with E-state index in [-0.39, 0.29) is 0 Å². The van der Waals surface area contributed by atoms with Crippen LogP contribution >= 0.6 is 0 Å². The highest BCUT2D eigenvalue weighted by molar-refractivity contribution is 4.77. The fourth-order valence-electron chi connectivity index (χ4n) is 1.62. The van der Waals surface area contributed by atoms with Gasteiger partial charge in [0, 0.05) is 18.6 Å². The summed E-state index contributed by atoms with van der Waals surface area (Å²) < 4.78 is 0. The Morgan fingerprint density at radius 2 is 1.69 bits per heavy atom. The molecule has 0 amide bonds. The lowest BCUT2D eigenvalue weighted by molar-refractivity contribution is 0.152. The highest BCUT2D eigenvalue weighted by Crippen LogP contribution is 2.15. The van der Waals surface area contributed by atoms with Gasteiger partial charge in [0.05, 0.1) is 0 Å². The molecule has 0 aliphatic heterocycles. The largest absolute Gasteiger partial charge is 0.315 e. The molecule has 0 rings (SSSR count). The molecule has 2 heteroatoms. The van der Waals surface area contributed by atoms with Crippen molar-refractivity contribution in [1.82, 2.24) is 10.2 Å². The summed E-state index contributed by atoms with van der Waals surface area (Å²) >= 11 is 0. The van der Waals surface area contributed by atoms with Crippen molar-refractivity contribution in [3.63, 3.8) is 0 Å². The molecule has 0 heterocycles. The lowest BCUT2D eigenvalue weighted by atomic mass is 10.0. The normalized spacial score (nSPS) is 12.4. The Hall–Kier alpha value is -0.0800. The predicted molar refractivity (Wildman–Crippen MR) is 74.0 cm³/mol. The Bertz CT molecular complexity index is 155. The first kappa shape index (κ1) is 15.9. The average Bonchev–Trinajstić information content (AvgIpc) is 2.27. The maximum atomic E-state index is 3.53. The zero-order chi connectivity index (χ0) is 12.4. The van der Waals surface area contributed by atoms with Crippen LogP contribution in [-0.4, -0.2) is 37.1 Å². The van der Waals surface area contributed by atoms with Crippen LogP contribution in [0.15, 0.2) is 0 Å². The molecule has 0 aliphatic carbocycles. The van der Waals surface area contributed by atoms with Gasteiger partial charge in [-0.3, -0.25) is 4.90 Å². The number of hydrogen-bond donors (Lipinski definition) is 1. The van der Waals surface area contributed by atoms with Crippen molar-refractivity contribution in [2.75, 3.05) is 26.7 Å². The first-order valence-corrected chi connectivity index (χ1v) is 6.96. The topological polar surface area (TPSA) is 15.3 Å². The van der Waals surface area contributed by atoms with Crippen LogP contribution in [0, 0.1) is 0 Å². The molecule has 1 N–H and O–H groups in total. The maximum absolute atomic E-state index is 3.53. The van der Waals surface area contributed by atoms with E-state index in [1.807, 2.05) is 0 Å². The molecule has 0 bridgehead atoms. The molecular weight excluding hydrogens is 196 g/mol. The highest BCUT2D eigenvalue weighted by Gasteiger charge is 2.19. The lowest BCUT2D eigenvalue weighted by Gasteiger charge is -2.34. The van der Waals surface area contributed by atoms with E-state index in [1.54, 1.807) is 0 Å². The zero-order valence-electron chi connectivity index (χ0n) is 12.1. The van der Waals surface area contributed by atoms with Gasteiger partial charge in [-0.15, -0.1) is 0 Å². The summed E-state index contributed by atoms with van der Waals surface area (Å²) in [5.74, 6) is 0. The summed E-state index contributed by atoms with van der Waals surface area (Å²) in [4.78, 5) is 2.45. The Kier molecular flexibility index (Phi) is 8.96. The van der Waals surface area contributed by atoms with Gasteiger partial charge in [0.2, 0.25) is 0 Å². The van der Waals surface area contributed by atoms with Crippen molar-refractivity contribution in [1.29, 1.82) is 0 Å². The average molecular weight is 228 g/mol. The quantitative estimate of drug-likeness (QED) is 0.577. The van der Waals surface area contributed by atoms with Crippen LogP contribution in [-0.2, 0) is 0 Å². The second-order valence-corrected chi connectivity index (χ2v) is 5.40. The van der Waals surface area contributed by atoms with Crippen molar-refractivity contribution in [3.8, 4) is 0 Å². The van der Waals surface area contributed by atoms with Gasteiger partial charge in [-0.25, -0.2) is 0 Å². The SMILES string of the molecule is CCCCCCNCCN(C)C(C)(C)CC. The molecule has 0 fully saturated rings. The molecule has 16 heavy (non-hydrogen) atoms. The van der Waals surface area contributed by atoms with Gasteiger partial charge in [0.25, 0.3) is 0 Å². The first-order valence-electron chi connectivity index (χ1n) is 6.96. The lowest BCUT2D eigenvalue weighted by Crippen LogP contribution is -2.43. The van der Waals surface area contributed by atoms with Crippen molar-refractivity contribution in [2.24, 2.45) is 0 Å². The second kappa shape index (κ2) is 9.00. The molecule has 0 spiro atoms. The van der Waals surface area contributed by atoms with Gasteiger partial charge in [-0.05, 0) is 40.3 Å². The van der Waals surface area contributed by atoms with Gasteiger partial charge >= 0.3 is 0 Å². The van der Waals surface area contributed by atoms with E-state index in [4.69, 9.17) is 0 Å². The molecule has 98 valence electrons.